The molecule has 0 spiro atoms. The van der Waals surface area contributed by atoms with Crippen molar-refractivity contribution in [2.24, 2.45) is 0 Å². The highest BCUT2D eigenvalue weighted by molar-refractivity contribution is 7.19. The van der Waals surface area contributed by atoms with Crippen LogP contribution in [-0.4, -0.2) is 45.7 Å². The van der Waals surface area contributed by atoms with Gasteiger partial charge in [0.25, 0.3) is 5.91 Å². The van der Waals surface area contributed by atoms with E-state index >= 15 is 0 Å². The molecule has 9 heteroatoms. The van der Waals surface area contributed by atoms with Crippen molar-refractivity contribution in [3.8, 4) is 21.8 Å². The Balaban J connectivity index is 1.42. The second kappa shape index (κ2) is 11.4. The predicted octanol–water partition coefficient (Wildman–Crippen LogP) is 7.98. The summed E-state index contributed by atoms with van der Waals surface area (Å²) < 4.78 is 8.40. The number of aromatic nitrogens is 2. The molecular weight excluding hydrogens is 563 g/mol. The summed E-state index contributed by atoms with van der Waals surface area (Å²) in [6.45, 7) is 6.75. The second-order valence-electron chi connectivity index (χ2n) is 10.5. The smallest absolute Gasteiger partial charge is 0.268 e. The van der Waals surface area contributed by atoms with Crippen molar-refractivity contribution in [2.45, 2.75) is 45.3 Å². The number of benzene rings is 2. The fraction of sp³-hybridized carbons (Fsp3) is 0.290. The lowest BCUT2D eigenvalue weighted by Gasteiger charge is -2.35. The van der Waals surface area contributed by atoms with Gasteiger partial charge in [0.15, 0.2) is 5.76 Å². The Hall–Kier alpha value is -3.10. The minimum absolute atomic E-state index is 0.0945. The molecule has 0 bridgehead atoms. The van der Waals surface area contributed by atoms with E-state index < -0.39 is 0 Å². The number of thiophene rings is 1. The number of rotatable bonds is 7. The van der Waals surface area contributed by atoms with Crippen molar-refractivity contribution in [1.29, 1.82) is 0 Å². The first-order valence-corrected chi connectivity index (χ1v) is 15.1. The summed E-state index contributed by atoms with van der Waals surface area (Å²) in [4.78, 5) is 17.5. The molecule has 5 aromatic rings. The van der Waals surface area contributed by atoms with E-state index in [-0.39, 0.29) is 11.9 Å². The maximum atomic E-state index is 14.2. The van der Waals surface area contributed by atoms with Crippen LogP contribution in [0.2, 0.25) is 9.36 Å². The molecule has 2 aromatic carbocycles. The quantitative estimate of drug-likeness (QED) is 0.208. The molecule has 0 saturated carbocycles. The van der Waals surface area contributed by atoms with Crippen molar-refractivity contribution in [2.75, 3.05) is 13.1 Å². The van der Waals surface area contributed by atoms with Gasteiger partial charge in [0.2, 0.25) is 0 Å². The Labute approximate surface area is 247 Å². The molecule has 40 heavy (non-hydrogen) atoms. The first-order valence-electron chi connectivity index (χ1n) is 13.5. The van der Waals surface area contributed by atoms with E-state index in [1.54, 1.807) is 0 Å². The lowest BCUT2D eigenvalue weighted by Crippen LogP contribution is -2.47. The predicted molar refractivity (Wildman–Crippen MR) is 164 cm³/mol. The number of nitrogens with zero attached hydrogens (tertiary/aromatic N) is 3. The van der Waals surface area contributed by atoms with Crippen LogP contribution in [0.4, 0.5) is 0 Å². The molecule has 0 atom stereocenters. The van der Waals surface area contributed by atoms with E-state index in [1.807, 2.05) is 71.3 Å². The first-order chi connectivity index (χ1) is 19.4. The first kappa shape index (κ1) is 27.1. The van der Waals surface area contributed by atoms with Gasteiger partial charge in [-0.15, -0.1) is 11.3 Å². The van der Waals surface area contributed by atoms with E-state index in [2.05, 4.69) is 29.2 Å². The number of hydrogen-bond acceptors (Lipinski definition) is 5. The molecule has 1 aliphatic rings. The summed E-state index contributed by atoms with van der Waals surface area (Å²) in [6, 6.07) is 22.1. The van der Waals surface area contributed by atoms with E-state index in [9.17, 15) is 4.79 Å². The monoisotopic (exact) mass is 592 g/mol. The molecule has 1 fully saturated rings. The Morgan fingerprint density at radius 2 is 1.85 bits per heavy atom. The average Bonchev–Trinajstić information content (AvgIpc) is 3.67. The minimum atomic E-state index is -0.0945. The highest BCUT2D eigenvalue weighted by atomic mass is 35.5. The van der Waals surface area contributed by atoms with Crippen LogP contribution in [0, 0.1) is 0 Å². The van der Waals surface area contributed by atoms with Crippen LogP contribution < -0.4 is 5.32 Å². The molecular formula is C31H30Cl2N4O2S. The van der Waals surface area contributed by atoms with E-state index in [0.717, 1.165) is 52.8 Å². The summed E-state index contributed by atoms with van der Waals surface area (Å²) in [7, 11) is 0. The van der Waals surface area contributed by atoms with Crippen molar-refractivity contribution in [3.63, 3.8) is 0 Å². The van der Waals surface area contributed by atoms with Crippen molar-refractivity contribution >= 4 is 51.3 Å². The van der Waals surface area contributed by atoms with Crippen LogP contribution in [0.25, 0.3) is 32.7 Å². The van der Waals surface area contributed by atoms with Gasteiger partial charge in [-0.05, 0) is 62.6 Å². The van der Waals surface area contributed by atoms with Crippen molar-refractivity contribution in [3.05, 3.63) is 87.5 Å². The molecule has 6 nitrogen and oxygen atoms in total. The average molecular weight is 594 g/mol. The number of nitrogens with one attached hydrogen (secondary N) is 1. The zero-order valence-electron chi connectivity index (χ0n) is 22.4. The van der Waals surface area contributed by atoms with Crippen molar-refractivity contribution < 1.29 is 9.32 Å². The third-order valence-corrected chi connectivity index (χ3v) is 9.07. The Kier molecular flexibility index (Phi) is 7.73. The summed E-state index contributed by atoms with van der Waals surface area (Å²) in [5.74, 6) is 0.556. The summed E-state index contributed by atoms with van der Waals surface area (Å²) in [5, 5.41) is 9.25. The zero-order valence-corrected chi connectivity index (χ0v) is 24.7. The maximum Gasteiger partial charge on any atom is 0.268 e. The van der Waals surface area contributed by atoms with Gasteiger partial charge >= 0.3 is 0 Å². The molecule has 206 valence electrons. The number of halogens is 2. The lowest BCUT2D eigenvalue weighted by atomic mass is 10.00. The normalized spacial score (nSPS) is 14.8. The van der Waals surface area contributed by atoms with E-state index in [0.29, 0.717) is 39.1 Å². The SMILES string of the molecule is CC(C)N1CCC(NC(=O)c2c(-c3ccccc3)c3cc(Cl)ccc3n2Cc2cc(-c3ccc(Cl)s3)on2)CC1. The highest BCUT2D eigenvalue weighted by Gasteiger charge is 2.28. The van der Waals surface area contributed by atoms with Crippen LogP contribution in [0.15, 0.2) is 71.3 Å². The summed E-state index contributed by atoms with van der Waals surface area (Å²) in [5.41, 5.74) is 4.04. The van der Waals surface area contributed by atoms with Crippen LogP contribution in [0.1, 0.15) is 42.9 Å². The molecule has 4 heterocycles. The lowest BCUT2D eigenvalue weighted by molar-refractivity contribution is 0.0893. The standard InChI is InChI=1S/C31H30Cl2N4O2S/c1-19(2)36-14-12-22(13-15-36)34-31(38)30-29(20-6-4-3-5-7-20)24-16-21(32)8-9-25(24)37(30)18-23-17-26(39-35-23)27-10-11-28(33)40-27/h3-11,16-17,19,22H,12-15,18H2,1-2H3,(H,34,38). The third-order valence-electron chi connectivity index (χ3n) is 7.59. The molecule has 1 amide bonds. The number of likely N-dealkylation sites (tertiary alicyclic amines) is 1. The van der Waals surface area contributed by atoms with E-state index in [4.69, 9.17) is 27.7 Å². The number of carbonyl (C=O) groups excluding carboxylic acids is 1. The number of fused-ring (bicyclic) bond motifs is 1. The molecule has 1 aliphatic heterocycles. The van der Waals surface area contributed by atoms with Crippen LogP contribution >= 0.6 is 34.5 Å². The molecule has 1 N–H and O–H groups in total. The number of amides is 1. The van der Waals surface area contributed by atoms with Crippen LogP contribution in [0.5, 0.6) is 0 Å². The van der Waals surface area contributed by atoms with Gasteiger partial charge in [-0.25, -0.2) is 0 Å². The zero-order chi connectivity index (χ0) is 27.8. The molecule has 1 saturated heterocycles. The molecule has 0 aliphatic carbocycles. The fourth-order valence-electron chi connectivity index (χ4n) is 5.55. The van der Waals surface area contributed by atoms with Gasteiger partial charge in [-0.3, -0.25) is 4.79 Å². The summed E-state index contributed by atoms with van der Waals surface area (Å²) >= 11 is 14.1. The molecule has 6 rings (SSSR count). The van der Waals surface area contributed by atoms with Gasteiger partial charge in [0, 0.05) is 52.7 Å². The number of piperidine rings is 1. The number of hydrogen-bond donors (Lipinski definition) is 1. The molecule has 0 unspecified atom stereocenters. The maximum absolute atomic E-state index is 14.2. The van der Waals surface area contributed by atoms with E-state index in [1.165, 1.54) is 11.3 Å². The Morgan fingerprint density at radius 1 is 1.07 bits per heavy atom. The van der Waals surface area contributed by atoms with Gasteiger partial charge in [-0.2, -0.15) is 0 Å². The Bertz CT molecular complexity index is 1650. The van der Waals surface area contributed by atoms with Gasteiger partial charge < -0.3 is 19.3 Å². The molecule has 0 radical (unpaired) electrons. The van der Waals surface area contributed by atoms with Crippen molar-refractivity contribution in [1.82, 2.24) is 19.9 Å². The minimum Gasteiger partial charge on any atom is -0.355 e. The number of carbonyl (C=O) groups is 1. The van der Waals surface area contributed by atoms with Gasteiger partial charge in [0.1, 0.15) is 11.4 Å². The second-order valence-corrected chi connectivity index (χ2v) is 12.7. The summed E-state index contributed by atoms with van der Waals surface area (Å²) in [6.07, 6.45) is 1.85. The largest absolute Gasteiger partial charge is 0.355 e. The third kappa shape index (κ3) is 5.44. The topological polar surface area (TPSA) is 63.3 Å². The van der Waals surface area contributed by atoms with Gasteiger partial charge in [-0.1, -0.05) is 58.7 Å². The van der Waals surface area contributed by atoms with Crippen LogP contribution in [0.3, 0.4) is 0 Å². The van der Waals surface area contributed by atoms with Crippen LogP contribution in [-0.2, 0) is 6.54 Å². The highest BCUT2D eigenvalue weighted by Crippen LogP contribution is 2.38. The fourth-order valence-corrected chi connectivity index (χ4v) is 6.71. The van der Waals surface area contributed by atoms with Gasteiger partial charge in [0.05, 0.1) is 15.8 Å². The molecule has 3 aromatic heterocycles. The Morgan fingerprint density at radius 3 is 2.55 bits per heavy atom.